The van der Waals surface area contributed by atoms with E-state index in [-0.39, 0.29) is 10.6 Å². The van der Waals surface area contributed by atoms with Crippen LogP contribution in [0.25, 0.3) is 0 Å². The van der Waals surface area contributed by atoms with E-state index in [0.717, 1.165) is 6.54 Å². The number of hydrogen-bond donors (Lipinski definition) is 1. The maximum atomic E-state index is 11.8. The van der Waals surface area contributed by atoms with Gasteiger partial charge in [-0.25, -0.2) is 4.68 Å². The Hall–Kier alpha value is -1.29. The number of allylic oxidation sites excluding steroid dienone is 1. The van der Waals surface area contributed by atoms with Crippen molar-refractivity contribution in [3.63, 3.8) is 0 Å². The lowest BCUT2D eigenvalue weighted by atomic mass is 10.1. The second-order valence-electron chi connectivity index (χ2n) is 4.81. The largest absolute Gasteiger partial charge is 0.382 e. The maximum Gasteiger partial charge on any atom is 0.287 e. The Labute approximate surface area is 105 Å². The third kappa shape index (κ3) is 2.69. The molecule has 0 spiro atoms. The zero-order chi connectivity index (χ0) is 12.5. The summed E-state index contributed by atoms with van der Waals surface area (Å²) >= 11 is 6.01. The van der Waals surface area contributed by atoms with Gasteiger partial charge >= 0.3 is 0 Å². The van der Waals surface area contributed by atoms with Crippen LogP contribution < -0.4 is 10.9 Å². The second-order valence-corrected chi connectivity index (χ2v) is 5.19. The maximum absolute atomic E-state index is 11.8. The summed E-state index contributed by atoms with van der Waals surface area (Å²) in [5.74, 6) is 0. The molecule has 1 fully saturated rings. The molecule has 17 heavy (non-hydrogen) atoms. The van der Waals surface area contributed by atoms with Crippen molar-refractivity contribution in [2.45, 2.75) is 26.3 Å². The van der Waals surface area contributed by atoms with Crippen LogP contribution >= 0.6 is 11.6 Å². The Morgan fingerprint density at radius 2 is 2.41 bits per heavy atom. The van der Waals surface area contributed by atoms with Crippen LogP contribution in [0.3, 0.4) is 0 Å². The number of anilines is 1. The first kappa shape index (κ1) is 12.2. The minimum atomic E-state index is -0.280. The van der Waals surface area contributed by atoms with Gasteiger partial charge in [0.1, 0.15) is 5.02 Å². The fourth-order valence-corrected chi connectivity index (χ4v) is 1.75. The molecule has 5 heteroatoms. The van der Waals surface area contributed by atoms with Gasteiger partial charge in [-0.15, -0.1) is 6.58 Å². The van der Waals surface area contributed by atoms with E-state index in [1.54, 1.807) is 12.3 Å². The smallest absolute Gasteiger partial charge is 0.287 e. The molecule has 0 aliphatic heterocycles. The molecular weight excluding hydrogens is 238 g/mol. The first-order valence-electron chi connectivity index (χ1n) is 5.66. The van der Waals surface area contributed by atoms with Crippen LogP contribution in [-0.2, 0) is 6.54 Å². The first-order valence-corrected chi connectivity index (χ1v) is 6.04. The van der Waals surface area contributed by atoms with Gasteiger partial charge in [-0.2, -0.15) is 5.10 Å². The van der Waals surface area contributed by atoms with Gasteiger partial charge in [0.15, 0.2) is 0 Å². The van der Waals surface area contributed by atoms with Crippen molar-refractivity contribution in [3.8, 4) is 0 Å². The Morgan fingerprint density at radius 3 is 3.00 bits per heavy atom. The average Bonchev–Trinajstić information content (AvgIpc) is 3.03. The topological polar surface area (TPSA) is 46.9 Å². The van der Waals surface area contributed by atoms with Gasteiger partial charge in [0.05, 0.1) is 18.4 Å². The van der Waals surface area contributed by atoms with Crippen molar-refractivity contribution in [1.29, 1.82) is 0 Å². The molecule has 1 heterocycles. The van der Waals surface area contributed by atoms with Crippen LogP contribution in [-0.4, -0.2) is 16.3 Å². The molecular formula is C12H16ClN3O. The molecule has 0 radical (unpaired) electrons. The number of nitrogens with one attached hydrogen (secondary N) is 1. The van der Waals surface area contributed by atoms with Crippen molar-refractivity contribution in [2.24, 2.45) is 5.41 Å². The summed E-state index contributed by atoms with van der Waals surface area (Å²) in [7, 11) is 0. The molecule has 1 aromatic heterocycles. The van der Waals surface area contributed by atoms with E-state index in [4.69, 9.17) is 11.6 Å². The van der Waals surface area contributed by atoms with E-state index < -0.39 is 0 Å². The van der Waals surface area contributed by atoms with Gasteiger partial charge in [0, 0.05) is 6.54 Å². The number of halogens is 1. The predicted molar refractivity (Wildman–Crippen MR) is 69.5 cm³/mol. The standard InChI is InChI=1S/C12H16ClN3O/c1-3-6-16-11(17)10(13)9(7-15-16)14-8-12(2)4-5-12/h3,7,14H,1,4-6,8H2,2H3. The first-order chi connectivity index (χ1) is 8.06. The van der Waals surface area contributed by atoms with Crippen molar-refractivity contribution in [2.75, 3.05) is 11.9 Å². The lowest BCUT2D eigenvalue weighted by molar-refractivity contribution is 0.608. The fourth-order valence-electron chi connectivity index (χ4n) is 1.54. The number of aromatic nitrogens is 2. The highest BCUT2D eigenvalue weighted by molar-refractivity contribution is 6.32. The molecule has 1 aliphatic carbocycles. The monoisotopic (exact) mass is 253 g/mol. The zero-order valence-electron chi connectivity index (χ0n) is 9.87. The molecule has 2 rings (SSSR count). The van der Waals surface area contributed by atoms with Crippen LogP contribution in [0.2, 0.25) is 5.02 Å². The van der Waals surface area contributed by atoms with Crippen molar-refractivity contribution in [1.82, 2.24) is 9.78 Å². The van der Waals surface area contributed by atoms with Crippen LogP contribution in [0.1, 0.15) is 19.8 Å². The second kappa shape index (κ2) is 4.53. The summed E-state index contributed by atoms with van der Waals surface area (Å²) in [6.45, 7) is 6.98. The quantitative estimate of drug-likeness (QED) is 0.819. The number of nitrogens with zero attached hydrogens (tertiary/aromatic N) is 2. The average molecular weight is 254 g/mol. The highest BCUT2D eigenvalue weighted by Gasteiger charge is 2.36. The molecule has 1 aromatic rings. The number of hydrogen-bond acceptors (Lipinski definition) is 3. The highest BCUT2D eigenvalue weighted by Crippen LogP contribution is 2.44. The van der Waals surface area contributed by atoms with Gasteiger partial charge < -0.3 is 5.32 Å². The van der Waals surface area contributed by atoms with E-state index in [0.29, 0.717) is 17.6 Å². The predicted octanol–water partition coefficient (Wildman–Crippen LogP) is 2.29. The molecule has 0 aromatic carbocycles. The van der Waals surface area contributed by atoms with E-state index in [9.17, 15) is 4.79 Å². The summed E-state index contributed by atoms with van der Waals surface area (Å²) in [6, 6.07) is 0. The molecule has 4 nitrogen and oxygen atoms in total. The Morgan fingerprint density at radius 1 is 1.71 bits per heavy atom. The Balaban J connectivity index is 2.15. The molecule has 0 bridgehead atoms. The van der Waals surface area contributed by atoms with Crippen molar-refractivity contribution < 1.29 is 0 Å². The van der Waals surface area contributed by atoms with Crippen LogP contribution in [0.15, 0.2) is 23.6 Å². The molecule has 0 saturated heterocycles. The fraction of sp³-hybridized carbons (Fsp3) is 0.500. The van der Waals surface area contributed by atoms with Crippen LogP contribution in [0.4, 0.5) is 5.69 Å². The molecule has 1 N–H and O–H groups in total. The molecule has 0 amide bonds. The van der Waals surface area contributed by atoms with Gasteiger partial charge in [-0.3, -0.25) is 4.79 Å². The van der Waals surface area contributed by atoms with E-state index in [2.05, 4.69) is 23.9 Å². The third-order valence-corrected chi connectivity index (χ3v) is 3.46. The third-order valence-electron chi connectivity index (χ3n) is 3.10. The molecule has 1 saturated carbocycles. The lowest BCUT2D eigenvalue weighted by Gasteiger charge is -2.12. The molecule has 0 atom stereocenters. The SMILES string of the molecule is C=CCn1ncc(NCC2(C)CC2)c(Cl)c1=O. The molecule has 1 aliphatic rings. The van der Waals surface area contributed by atoms with Gasteiger partial charge in [-0.1, -0.05) is 24.6 Å². The summed E-state index contributed by atoms with van der Waals surface area (Å²) in [6.07, 6.45) is 5.65. The summed E-state index contributed by atoms with van der Waals surface area (Å²) in [5.41, 5.74) is 0.696. The minimum Gasteiger partial charge on any atom is -0.382 e. The Kier molecular flexibility index (Phi) is 3.24. The molecule has 92 valence electrons. The van der Waals surface area contributed by atoms with E-state index in [1.165, 1.54) is 17.5 Å². The van der Waals surface area contributed by atoms with Crippen molar-refractivity contribution in [3.05, 3.63) is 34.2 Å². The lowest BCUT2D eigenvalue weighted by Crippen LogP contribution is -2.24. The summed E-state index contributed by atoms with van der Waals surface area (Å²) in [4.78, 5) is 11.8. The van der Waals surface area contributed by atoms with Crippen LogP contribution in [0, 0.1) is 5.41 Å². The molecule has 0 unspecified atom stereocenters. The summed E-state index contributed by atoms with van der Waals surface area (Å²) < 4.78 is 1.29. The van der Waals surface area contributed by atoms with Gasteiger partial charge in [0.25, 0.3) is 5.56 Å². The van der Waals surface area contributed by atoms with Crippen molar-refractivity contribution >= 4 is 17.3 Å². The van der Waals surface area contributed by atoms with E-state index >= 15 is 0 Å². The van der Waals surface area contributed by atoms with E-state index in [1.807, 2.05) is 0 Å². The van der Waals surface area contributed by atoms with Gasteiger partial charge in [-0.05, 0) is 18.3 Å². The van der Waals surface area contributed by atoms with Crippen LogP contribution in [0.5, 0.6) is 0 Å². The number of rotatable bonds is 5. The minimum absolute atomic E-state index is 0.200. The summed E-state index contributed by atoms with van der Waals surface area (Å²) in [5, 5.41) is 7.43. The Bertz CT molecular complexity index is 491. The zero-order valence-corrected chi connectivity index (χ0v) is 10.6. The van der Waals surface area contributed by atoms with Gasteiger partial charge in [0.2, 0.25) is 0 Å². The highest BCUT2D eigenvalue weighted by atomic mass is 35.5. The normalized spacial score (nSPS) is 16.6.